The van der Waals surface area contributed by atoms with Gasteiger partial charge in [-0.3, -0.25) is 10.2 Å². The first-order valence-corrected chi connectivity index (χ1v) is 12.1. The van der Waals surface area contributed by atoms with Crippen LogP contribution in [0.25, 0.3) is 6.08 Å². The second kappa shape index (κ2) is 10.1. The number of esters is 1. The monoisotopic (exact) mass is 482 g/mol. The molecular weight excluding hydrogens is 460 g/mol. The molecule has 1 N–H and O–H groups in total. The predicted octanol–water partition coefficient (Wildman–Crippen LogP) is 5.18. The Hall–Kier alpha value is -3.24. The zero-order chi connectivity index (χ0) is 23.4. The van der Waals surface area contributed by atoms with Gasteiger partial charge in [-0.2, -0.15) is 15.1 Å². The molecule has 33 heavy (non-hydrogen) atoms. The topological polar surface area (TPSA) is 104 Å². The summed E-state index contributed by atoms with van der Waals surface area (Å²) in [6.07, 6.45) is 5.59. The van der Waals surface area contributed by atoms with Gasteiger partial charge in [0.15, 0.2) is 17.3 Å². The molecule has 2 aliphatic rings. The van der Waals surface area contributed by atoms with Crippen molar-refractivity contribution >= 4 is 57.1 Å². The summed E-state index contributed by atoms with van der Waals surface area (Å²) in [6.45, 7) is 2.14. The lowest BCUT2D eigenvalue weighted by molar-refractivity contribution is -0.114. The molecule has 0 spiro atoms. The summed E-state index contributed by atoms with van der Waals surface area (Å²) in [5, 5.41) is 17.5. The fourth-order valence-corrected chi connectivity index (χ4v) is 4.75. The average Bonchev–Trinajstić information content (AvgIpc) is 3.48. The summed E-state index contributed by atoms with van der Waals surface area (Å²) in [5.74, 6) is -0.382. The number of carbonyl (C=O) groups is 2. The highest BCUT2D eigenvalue weighted by Crippen LogP contribution is 2.33. The normalized spacial score (nSPS) is 16.5. The zero-order valence-electron chi connectivity index (χ0n) is 18.2. The maximum atomic E-state index is 12.6. The number of hydrazone groups is 1. The number of methoxy groups -OCH3 is 1. The van der Waals surface area contributed by atoms with Crippen LogP contribution in [0.5, 0.6) is 11.5 Å². The van der Waals surface area contributed by atoms with Gasteiger partial charge in [-0.1, -0.05) is 31.9 Å². The Morgan fingerprint density at radius 3 is 2.82 bits per heavy atom. The van der Waals surface area contributed by atoms with E-state index in [9.17, 15) is 9.59 Å². The van der Waals surface area contributed by atoms with Crippen molar-refractivity contribution in [2.45, 2.75) is 32.6 Å². The first-order valence-electron chi connectivity index (χ1n) is 10.4. The van der Waals surface area contributed by atoms with Crippen LogP contribution in [0.3, 0.4) is 0 Å². The molecule has 2 aliphatic heterocycles. The first kappa shape index (κ1) is 22.9. The van der Waals surface area contributed by atoms with Crippen molar-refractivity contribution in [2.24, 2.45) is 10.1 Å². The number of thioether (sulfide) groups is 1. The highest BCUT2D eigenvalue weighted by molar-refractivity contribution is 8.26. The van der Waals surface area contributed by atoms with Crippen molar-refractivity contribution in [2.75, 3.05) is 7.11 Å². The molecule has 0 saturated heterocycles. The summed E-state index contributed by atoms with van der Waals surface area (Å²) in [6, 6.07) is 8.38. The Balaban J connectivity index is 1.54. The number of ether oxygens (including phenoxy) is 2. The van der Waals surface area contributed by atoms with Crippen LogP contribution < -0.4 is 9.47 Å². The molecule has 1 amide bonds. The van der Waals surface area contributed by atoms with Gasteiger partial charge in [0.25, 0.3) is 5.91 Å². The van der Waals surface area contributed by atoms with Gasteiger partial charge in [-0.25, -0.2) is 4.79 Å². The van der Waals surface area contributed by atoms with Crippen LogP contribution in [0.4, 0.5) is 0 Å². The number of hydrogen-bond acceptors (Lipinski definition) is 8. The number of fused-ring (bicyclic) bond motifs is 1. The average molecular weight is 483 g/mol. The SMILES string of the molecule is CCCCCC1=NN2C(=N)C(=Cc3ccc(OC(=O)c4cccs4)c(OC)c3)C(=O)N=C2S1. The molecule has 10 heteroatoms. The molecule has 4 rings (SSSR count). The third kappa shape index (κ3) is 5.07. The highest BCUT2D eigenvalue weighted by Gasteiger charge is 2.35. The van der Waals surface area contributed by atoms with Crippen LogP contribution in [0, 0.1) is 5.41 Å². The van der Waals surface area contributed by atoms with E-state index in [1.165, 1.54) is 35.2 Å². The summed E-state index contributed by atoms with van der Waals surface area (Å²) in [5.41, 5.74) is 0.733. The van der Waals surface area contributed by atoms with E-state index in [0.29, 0.717) is 21.4 Å². The van der Waals surface area contributed by atoms with Crippen LogP contribution >= 0.6 is 23.1 Å². The van der Waals surface area contributed by atoms with Crippen molar-refractivity contribution in [1.82, 2.24) is 5.01 Å². The molecule has 3 heterocycles. The molecule has 8 nitrogen and oxygen atoms in total. The molecule has 1 aromatic heterocycles. The number of rotatable bonds is 8. The minimum Gasteiger partial charge on any atom is -0.493 e. The Labute approximate surface area is 199 Å². The zero-order valence-corrected chi connectivity index (χ0v) is 19.8. The quantitative estimate of drug-likeness (QED) is 0.241. The minimum absolute atomic E-state index is 0.0184. The Morgan fingerprint density at radius 1 is 1.24 bits per heavy atom. The van der Waals surface area contributed by atoms with Crippen molar-refractivity contribution in [3.8, 4) is 11.5 Å². The van der Waals surface area contributed by atoms with Gasteiger partial charge in [0.1, 0.15) is 9.92 Å². The lowest BCUT2D eigenvalue weighted by atomic mass is 10.1. The largest absolute Gasteiger partial charge is 0.493 e. The van der Waals surface area contributed by atoms with Crippen molar-refractivity contribution in [3.63, 3.8) is 0 Å². The molecule has 0 bridgehead atoms. The second-order valence-corrected chi connectivity index (χ2v) is 9.24. The van der Waals surface area contributed by atoms with Gasteiger partial charge < -0.3 is 9.47 Å². The number of amides is 1. The Kier molecular flexibility index (Phi) is 7.05. The summed E-state index contributed by atoms with van der Waals surface area (Å²) < 4.78 is 10.8. The van der Waals surface area contributed by atoms with E-state index in [1.807, 2.05) is 0 Å². The van der Waals surface area contributed by atoms with Gasteiger partial charge in [0.2, 0.25) is 5.17 Å². The maximum absolute atomic E-state index is 12.6. The van der Waals surface area contributed by atoms with E-state index in [-0.39, 0.29) is 17.2 Å². The highest BCUT2D eigenvalue weighted by atomic mass is 32.2. The molecular formula is C23H22N4O4S2. The second-order valence-electron chi connectivity index (χ2n) is 7.25. The lowest BCUT2D eigenvalue weighted by Gasteiger charge is -2.20. The first-order chi connectivity index (χ1) is 16.0. The molecule has 0 unspecified atom stereocenters. The molecule has 1 aromatic carbocycles. The summed E-state index contributed by atoms with van der Waals surface area (Å²) in [7, 11) is 1.47. The number of thiophene rings is 1. The molecule has 0 aliphatic carbocycles. The fraction of sp³-hybridized carbons (Fsp3) is 0.261. The van der Waals surface area contributed by atoms with Crippen LogP contribution in [0.1, 0.15) is 47.8 Å². The maximum Gasteiger partial charge on any atom is 0.353 e. The number of hydrogen-bond donors (Lipinski definition) is 1. The van der Waals surface area contributed by atoms with Gasteiger partial charge in [-0.05, 0) is 59.8 Å². The third-order valence-electron chi connectivity index (χ3n) is 4.91. The number of nitrogens with zero attached hydrogens (tertiary/aromatic N) is 3. The van der Waals surface area contributed by atoms with E-state index in [2.05, 4.69) is 17.0 Å². The third-order valence-corrected chi connectivity index (χ3v) is 6.73. The smallest absolute Gasteiger partial charge is 0.353 e. The van der Waals surface area contributed by atoms with Crippen LogP contribution in [0.15, 0.2) is 51.4 Å². The van der Waals surface area contributed by atoms with Crippen molar-refractivity contribution in [1.29, 1.82) is 5.41 Å². The number of aliphatic imine (C=N–C) groups is 1. The molecule has 170 valence electrons. The van der Waals surface area contributed by atoms with Gasteiger partial charge in [0.05, 0.1) is 12.7 Å². The minimum atomic E-state index is -0.490. The van der Waals surface area contributed by atoms with Crippen molar-refractivity contribution < 1.29 is 19.1 Å². The van der Waals surface area contributed by atoms with E-state index < -0.39 is 11.9 Å². The van der Waals surface area contributed by atoms with Crippen LogP contribution in [0.2, 0.25) is 0 Å². The molecule has 2 aromatic rings. The number of benzene rings is 1. The van der Waals surface area contributed by atoms with Gasteiger partial charge >= 0.3 is 5.97 Å². The lowest BCUT2D eigenvalue weighted by Crippen LogP contribution is -2.35. The summed E-state index contributed by atoms with van der Waals surface area (Å²) in [4.78, 5) is 29.5. The number of amidine groups is 2. The van der Waals surface area contributed by atoms with Crippen molar-refractivity contribution in [3.05, 3.63) is 51.7 Å². The number of carbonyl (C=O) groups excluding carboxylic acids is 2. The molecule has 0 saturated carbocycles. The van der Waals surface area contributed by atoms with Gasteiger partial charge in [0, 0.05) is 0 Å². The molecule has 0 atom stereocenters. The predicted molar refractivity (Wildman–Crippen MR) is 131 cm³/mol. The van der Waals surface area contributed by atoms with Crippen LogP contribution in [-0.2, 0) is 4.79 Å². The van der Waals surface area contributed by atoms with E-state index >= 15 is 0 Å². The summed E-state index contributed by atoms with van der Waals surface area (Å²) >= 11 is 2.63. The van der Waals surface area contributed by atoms with Gasteiger partial charge in [-0.15, -0.1) is 11.3 Å². The number of nitrogens with one attached hydrogen (secondary N) is 1. The molecule has 0 radical (unpaired) electrons. The molecule has 0 fully saturated rings. The van der Waals surface area contributed by atoms with E-state index in [4.69, 9.17) is 14.9 Å². The standard InChI is InChI=1S/C23H22N4O4S2/c1-3-4-5-8-19-26-27-20(24)15(21(28)25-23(27)33-19)12-14-9-10-16(17(13-14)30-2)31-22(29)18-7-6-11-32-18/h6-7,9-13,24H,3-5,8H2,1-2H3. The Bertz CT molecular complexity index is 1190. The van der Waals surface area contributed by atoms with E-state index in [0.717, 1.165) is 30.7 Å². The fourth-order valence-electron chi connectivity index (χ4n) is 3.23. The van der Waals surface area contributed by atoms with Crippen LogP contribution in [-0.4, -0.2) is 40.0 Å². The number of unbranched alkanes of at least 4 members (excludes halogenated alkanes) is 2. The Morgan fingerprint density at radius 2 is 2.09 bits per heavy atom. The van der Waals surface area contributed by atoms with E-state index in [1.54, 1.807) is 41.8 Å².